The second-order valence-corrected chi connectivity index (χ2v) is 7.02. The Bertz CT molecular complexity index is 1080. The Balaban J connectivity index is 1.69. The van der Waals surface area contributed by atoms with Gasteiger partial charge in [0.25, 0.3) is 11.5 Å². The summed E-state index contributed by atoms with van der Waals surface area (Å²) in [5.41, 5.74) is 2.35. The second kappa shape index (κ2) is 10.4. The number of likely N-dealkylation sites (N-methyl/N-ethyl adjacent to an activating group) is 1. The lowest BCUT2D eigenvalue weighted by molar-refractivity contribution is 0.102. The summed E-state index contributed by atoms with van der Waals surface area (Å²) in [6.07, 6.45) is 4.72. The maximum atomic E-state index is 12.6. The third-order valence-electron chi connectivity index (χ3n) is 4.85. The van der Waals surface area contributed by atoms with Crippen LogP contribution in [0.25, 0.3) is 11.3 Å². The number of pyridine rings is 1. The van der Waals surface area contributed by atoms with Crippen LogP contribution in [-0.2, 0) is 0 Å². The highest BCUT2D eigenvalue weighted by molar-refractivity contribution is 6.04. The fourth-order valence-corrected chi connectivity index (χ4v) is 2.83. The number of benzene rings is 1. The molecular weight excluding hydrogens is 394 g/mol. The van der Waals surface area contributed by atoms with Crippen LogP contribution in [0.5, 0.6) is 0 Å². The van der Waals surface area contributed by atoms with Crippen LogP contribution in [0.15, 0.2) is 53.7 Å². The van der Waals surface area contributed by atoms with Crippen molar-refractivity contribution in [3.63, 3.8) is 0 Å². The van der Waals surface area contributed by atoms with E-state index in [1.54, 1.807) is 37.6 Å². The highest BCUT2D eigenvalue weighted by atomic mass is 16.2. The van der Waals surface area contributed by atoms with Crippen LogP contribution in [-0.4, -0.2) is 59.5 Å². The summed E-state index contributed by atoms with van der Waals surface area (Å²) in [6.45, 7) is 4.85. The van der Waals surface area contributed by atoms with E-state index in [0.717, 1.165) is 25.3 Å². The number of carbonyl (C=O) groups is 1. The van der Waals surface area contributed by atoms with E-state index in [9.17, 15) is 9.59 Å². The van der Waals surface area contributed by atoms with Crippen LogP contribution < -0.4 is 21.5 Å². The first-order chi connectivity index (χ1) is 15.0. The molecule has 0 spiro atoms. The van der Waals surface area contributed by atoms with Gasteiger partial charge in [-0.3, -0.25) is 14.6 Å². The Hall–Kier alpha value is -3.72. The number of aromatic amines is 1. The van der Waals surface area contributed by atoms with Crippen LogP contribution in [0.2, 0.25) is 0 Å². The van der Waals surface area contributed by atoms with Crippen molar-refractivity contribution in [2.24, 2.45) is 0 Å². The van der Waals surface area contributed by atoms with Crippen molar-refractivity contribution in [2.45, 2.75) is 6.92 Å². The number of carbonyl (C=O) groups excluding carboxylic acids is 1. The average Bonchev–Trinajstić information content (AvgIpc) is 2.80. The molecule has 0 radical (unpaired) electrons. The molecular formula is C22H27N7O2. The normalized spacial score (nSPS) is 10.7. The van der Waals surface area contributed by atoms with Crippen molar-refractivity contribution in [1.82, 2.24) is 19.9 Å². The third-order valence-corrected chi connectivity index (χ3v) is 4.85. The lowest BCUT2D eigenvalue weighted by Crippen LogP contribution is -2.24. The van der Waals surface area contributed by atoms with E-state index >= 15 is 0 Å². The number of aromatic nitrogens is 3. The molecule has 0 saturated carbocycles. The fraction of sp³-hybridized carbons (Fsp3) is 0.273. The molecule has 0 atom stereocenters. The number of nitrogens with zero attached hydrogens (tertiary/aromatic N) is 3. The summed E-state index contributed by atoms with van der Waals surface area (Å²) < 4.78 is 0. The molecule has 0 aliphatic rings. The van der Waals surface area contributed by atoms with Gasteiger partial charge in [0, 0.05) is 43.1 Å². The molecule has 2 heterocycles. The molecule has 3 aromatic rings. The van der Waals surface area contributed by atoms with Crippen molar-refractivity contribution >= 4 is 23.1 Å². The van der Waals surface area contributed by atoms with Gasteiger partial charge < -0.3 is 25.8 Å². The van der Waals surface area contributed by atoms with Crippen LogP contribution in [0.4, 0.5) is 17.2 Å². The molecule has 9 nitrogen and oxygen atoms in total. The largest absolute Gasteiger partial charge is 0.384 e. The van der Waals surface area contributed by atoms with E-state index in [-0.39, 0.29) is 11.6 Å². The number of rotatable bonds is 9. The Morgan fingerprint density at radius 2 is 1.97 bits per heavy atom. The highest BCUT2D eigenvalue weighted by Gasteiger charge is 2.11. The molecule has 0 saturated heterocycles. The predicted molar refractivity (Wildman–Crippen MR) is 124 cm³/mol. The number of hydrogen-bond acceptors (Lipinski definition) is 7. The van der Waals surface area contributed by atoms with Gasteiger partial charge in [0.05, 0.1) is 18.1 Å². The van der Waals surface area contributed by atoms with Gasteiger partial charge in [-0.1, -0.05) is 6.92 Å². The van der Waals surface area contributed by atoms with E-state index in [0.29, 0.717) is 22.6 Å². The summed E-state index contributed by atoms with van der Waals surface area (Å²) in [5, 5.41) is 8.92. The van der Waals surface area contributed by atoms with E-state index in [4.69, 9.17) is 0 Å². The fourth-order valence-electron chi connectivity index (χ4n) is 2.83. The Kier molecular flexibility index (Phi) is 7.34. The Morgan fingerprint density at radius 3 is 2.68 bits per heavy atom. The van der Waals surface area contributed by atoms with Crippen LogP contribution in [0, 0.1) is 0 Å². The van der Waals surface area contributed by atoms with Gasteiger partial charge in [-0.2, -0.15) is 0 Å². The van der Waals surface area contributed by atoms with Crippen molar-refractivity contribution in [3.05, 3.63) is 64.8 Å². The summed E-state index contributed by atoms with van der Waals surface area (Å²) in [7, 11) is 3.81. The molecule has 0 bridgehead atoms. The molecule has 0 aliphatic carbocycles. The van der Waals surface area contributed by atoms with Gasteiger partial charge in [-0.05, 0) is 43.9 Å². The molecule has 4 N–H and O–H groups in total. The highest BCUT2D eigenvalue weighted by Crippen LogP contribution is 2.19. The van der Waals surface area contributed by atoms with Gasteiger partial charge in [0.1, 0.15) is 11.5 Å². The maximum Gasteiger partial charge on any atom is 0.271 e. The SMILES string of the molecule is CCN(C)CCNc1ccc(C(=O)Nc2cc(-c3cncc(NC)n3)c[nH]c2=O)cc1. The molecule has 2 aromatic heterocycles. The van der Waals surface area contributed by atoms with Crippen molar-refractivity contribution in [3.8, 4) is 11.3 Å². The smallest absolute Gasteiger partial charge is 0.271 e. The van der Waals surface area contributed by atoms with Gasteiger partial charge in [0.2, 0.25) is 0 Å². The molecule has 162 valence electrons. The molecule has 0 aliphatic heterocycles. The van der Waals surface area contributed by atoms with Crippen LogP contribution >= 0.6 is 0 Å². The van der Waals surface area contributed by atoms with Gasteiger partial charge in [-0.25, -0.2) is 4.98 Å². The number of anilines is 3. The minimum absolute atomic E-state index is 0.143. The average molecular weight is 422 g/mol. The van der Waals surface area contributed by atoms with Gasteiger partial charge >= 0.3 is 0 Å². The molecule has 9 heteroatoms. The number of nitrogens with one attached hydrogen (secondary N) is 4. The number of H-pyrrole nitrogens is 1. The zero-order valence-corrected chi connectivity index (χ0v) is 17.9. The maximum absolute atomic E-state index is 12.6. The van der Waals surface area contributed by atoms with Crippen molar-refractivity contribution in [1.29, 1.82) is 0 Å². The lowest BCUT2D eigenvalue weighted by atomic mass is 10.1. The van der Waals surface area contributed by atoms with E-state index in [2.05, 4.69) is 49.8 Å². The quantitative estimate of drug-likeness (QED) is 0.420. The first-order valence-electron chi connectivity index (χ1n) is 10.1. The zero-order valence-electron chi connectivity index (χ0n) is 17.9. The molecule has 1 aromatic carbocycles. The van der Waals surface area contributed by atoms with E-state index < -0.39 is 5.56 Å². The van der Waals surface area contributed by atoms with Gasteiger partial charge in [-0.15, -0.1) is 0 Å². The van der Waals surface area contributed by atoms with E-state index in [1.165, 1.54) is 6.20 Å². The summed E-state index contributed by atoms with van der Waals surface area (Å²) in [4.78, 5) is 38.2. The zero-order chi connectivity index (χ0) is 22.2. The van der Waals surface area contributed by atoms with E-state index in [1.807, 2.05) is 12.1 Å². The monoisotopic (exact) mass is 421 g/mol. The van der Waals surface area contributed by atoms with Crippen molar-refractivity contribution < 1.29 is 4.79 Å². The molecule has 3 rings (SSSR count). The Morgan fingerprint density at radius 1 is 1.19 bits per heavy atom. The minimum Gasteiger partial charge on any atom is -0.384 e. The summed E-state index contributed by atoms with van der Waals surface area (Å²) in [5.74, 6) is 0.235. The molecule has 0 unspecified atom stereocenters. The minimum atomic E-state index is -0.395. The van der Waals surface area contributed by atoms with Crippen molar-refractivity contribution in [2.75, 3.05) is 49.7 Å². The predicted octanol–water partition coefficient (Wildman–Crippen LogP) is 2.49. The second-order valence-electron chi connectivity index (χ2n) is 7.02. The third kappa shape index (κ3) is 5.89. The first kappa shape index (κ1) is 22.0. The molecule has 0 fully saturated rings. The lowest BCUT2D eigenvalue weighted by Gasteiger charge is -2.14. The summed E-state index contributed by atoms with van der Waals surface area (Å²) >= 11 is 0. The Labute approximate surface area is 180 Å². The topological polar surface area (TPSA) is 115 Å². The number of hydrogen-bond donors (Lipinski definition) is 4. The number of amides is 1. The standard InChI is InChI=1S/C22H27N7O2/c1-4-29(3)10-9-25-17-7-5-15(6-8-17)21(30)28-18-11-16(12-26-22(18)31)19-13-24-14-20(23-2)27-19/h5-8,11-14,25H,4,9-10H2,1-3H3,(H,23,27)(H,26,31)(H,28,30). The van der Waals surface area contributed by atoms with Crippen LogP contribution in [0.3, 0.4) is 0 Å². The first-order valence-corrected chi connectivity index (χ1v) is 10.1. The van der Waals surface area contributed by atoms with Crippen LogP contribution in [0.1, 0.15) is 17.3 Å². The molecule has 31 heavy (non-hydrogen) atoms. The summed E-state index contributed by atoms with van der Waals surface area (Å²) in [6, 6.07) is 8.73. The van der Waals surface area contributed by atoms with Gasteiger partial charge in [0.15, 0.2) is 0 Å². The molecule has 1 amide bonds.